The van der Waals surface area contributed by atoms with E-state index in [-0.39, 0.29) is 17.5 Å². The van der Waals surface area contributed by atoms with E-state index in [1.54, 1.807) is 18.2 Å². The maximum Gasteiger partial charge on any atom is 0.258 e. The summed E-state index contributed by atoms with van der Waals surface area (Å²) in [6.45, 7) is 4.49. The summed E-state index contributed by atoms with van der Waals surface area (Å²) < 4.78 is 0. The van der Waals surface area contributed by atoms with Gasteiger partial charge in [-0.3, -0.25) is 9.59 Å². The van der Waals surface area contributed by atoms with E-state index >= 15 is 0 Å². The molecule has 0 bridgehead atoms. The molecule has 6 heteroatoms. The minimum Gasteiger partial charge on any atom is -0.336 e. The number of benzene rings is 2. The van der Waals surface area contributed by atoms with E-state index < -0.39 is 0 Å². The maximum absolute atomic E-state index is 12.8. The van der Waals surface area contributed by atoms with E-state index in [9.17, 15) is 9.59 Å². The summed E-state index contributed by atoms with van der Waals surface area (Å²) in [6.07, 6.45) is 1.52. The van der Waals surface area contributed by atoms with Crippen LogP contribution in [0.25, 0.3) is 10.9 Å². The normalized spacial score (nSPS) is 10.8. The number of nitrogens with one attached hydrogen (secondary N) is 1. The Hall–Kier alpha value is -3.46. The molecule has 1 amide bonds. The predicted molar refractivity (Wildman–Crippen MR) is 112 cm³/mol. The van der Waals surface area contributed by atoms with E-state index in [4.69, 9.17) is 5.26 Å². The van der Waals surface area contributed by atoms with Crippen LogP contribution in [-0.2, 0) is 17.8 Å². The third-order valence-electron chi connectivity index (χ3n) is 4.85. The molecule has 1 aromatic heterocycles. The molecule has 3 aromatic rings. The zero-order valence-electron chi connectivity index (χ0n) is 16.7. The van der Waals surface area contributed by atoms with Crippen molar-refractivity contribution < 1.29 is 4.79 Å². The zero-order valence-corrected chi connectivity index (χ0v) is 16.7. The van der Waals surface area contributed by atoms with E-state index in [1.807, 2.05) is 49.1 Å². The average Bonchev–Trinajstić information content (AvgIpc) is 2.72. The molecule has 0 fully saturated rings. The lowest BCUT2D eigenvalue weighted by Gasteiger charge is -2.27. The standard InChI is InChI=1S/C23H24N4O2/c1-16(2)27(15-18-12-10-17(14-24)11-13-18)22(28)9-5-8-21-25-20-7-4-3-6-19(20)23(29)26-21/h3-4,6-7,10-13,16H,5,8-9,15H2,1-2H3,(H,25,26,29). The number of aromatic nitrogens is 2. The molecule has 3 rings (SSSR count). The van der Waals surface area contributed by atoms with Crippen molar-refractivity contribution in [1.82, 2.24) is 14.9 Å². The number of aromatic amines is 1. The number of carbonyl (C=O) groups is 1. The molecule has 0 spiro atoms. The first-order valence-corrected chi connectivity index (χ1v) is 9.74. The number of hydrogen-bond donors (Lipinski definition) is 1. The van der Waals surface area contributed by atoms with E-state index in [2.05, 4.69) is 16.0 Å². The maximum atomic E-state index is 12.8. The summed E-state index contributed by atoms with van der Waals surface area (Å²) in [5.41, 5.74) is 2.11. The summed E-state index contributed by atoms with van der Waals surface area (Å²) >= 11 is 0. The molecular formula is C23H24N4O2. The molecule has 29 heavy (non-hydrogen) atoms. The monoisotopic (exact) mass is 388 g/mol. The highest BCUT2D eigenvalue weighted by Gasteiger charge is 2.17. The number of rotatable bonds is 7. The fourth-order valence-corrected chi connectivity index (χ4v) is 3.24. The van der Waals surface area contributed by atoms with Crippen LogP contribution in [0.1, 0.15) is 43.6 Å². The second-order valence-electron chi connectivity index (χ2n) is 7.31. The molecule has 1 heterocycles. The summed E-state index contributed by atoms with van der Waals surface area (Å²) in [7, 11) is 0. The lowest BCUT2D eigenvalue weighted by molar-refractivity contribution is -0.133. The highest BCUT2D eigenvalue weighted by molar-refractivity contribution is 5.77. The van der Waals surface area contributed by atoms with Gasteiger partial charge in [-0.15, -0.1) is 0 Å². The Morgan fingerprint density at radius 3 is 2.59 bits per heavy atom. The minimum absolute atomic E-state index is 0.0625. The van der Waals surface area contributed by atoms with Crippen LogP contribution in [-0.4, -0.2) is 26.8 Å². The fraction of sp³-hybridized carbons (Fsp3) is 0.304. The van der Waals surface area contributed by atoms with E-state index in [0.29, 0.717) is 48.1 Å². The number of para-hydroxylation sites is 1. The van der Waals surface area contributed by atoms with Crippen LogP contribution in [0.5, 0.6) is 0 Å². The first-order chi connectivity index (χ1) is 14.0. The van der Waals surface area contributed by atoms with Crippen molar-refractivity contribution in [2.75, 3.05) is 0 Å². The van der Waals surface area contributed by atoms with Crippen molar-refractivity contribution in [2.24, 2.45) is 0 Å². The van der Waals surface area contributed by atoms with Crippen molar-refractivity contribution in [3.8, 4) is 6.07 Å². The van der Waals surface area contributed by atoms with Crippen LogP contribution in [0.3, 0.4) is 0 Å². The SMILES string of the molecule is CC(C)N(Cc1ccc(C#N)cc1)C(=O)CCCc1nc2ccccc2c(=O)[nH]1. The first kappa shape index (κ1) is 20.3. The number of amides is 1. The van der Waals surface area contributed by atoms with Gasteiger partial charge in [-0.1, -0.05) is 24.3 Å². The third kappa shape index (κ3) is 5.08. The van der Waals surface area contributed by atoms with Gasteiger partial charge in [0.2, 0.25) is 5.91 Å². The molecule has 0 aliphatic heterocycles. The third-order valence-corrected chi connectivity index (χ3v) is 4.85. The van der Waals surface area contributed by atoms with Crippen LogP contribution in [0.15, 0.2) is 53.3 Å². The molecule has 0 atom stereocenters. The van der Waals surface area contributed by atoms with Crippen molar-refractivity contribution in [3.05, 3.63) is 75.8 Å². The quantitative estimate of drug-likeness (QED) is 0.670. The highest BCUT2D eigenvalue weighted by Crippen LogP contribution is 2.13. The van der Waals surface area contributed by atoms with Crippen LogP contribution < -0.4 is 5.56 Å². The number of fused-ring (bicyclic) bond motifs is 1. The number of aryl methyl sites for hydroxylation is 1. The van der Waals surface area contributed by atoms with Crippen molar-refractivity contribution >= 4 is 16.8 Å². The Morgan fingerprint density at radius 1 is 1.17 bits per heavy atom. The fourth-order valence-electron chi connectivity index (χ4n) is 3.24. The minimum atomic E-state index is -0.151. The van der Waals surface area contributed by atoms with Crippen molar-refractivity contribution in [2.45, 2.75) is 45.7 Å². The van der Waals surface area contributed by atoms with E-state index in [0.717, 1.165) is 5.56 Å². The highest BCUT2D eigenvalue weighted by atomic mass is 16.2. The number of H-pyrrole nitrogens is 1. The van der Waals surface area contributed by atoms with Gasteiger partial charge in [-0.25, -0.2) is 4.98 Å². The van der Waals surface area contributed by atoms with Gasteiger partial charge in [0.15, 0.2) is 0 Å². The van der Waals surface area contributed by atoms with Gasteiger partial charge in [-0.05, 0) is 50.1 Å². The lowest BCUT2D eigenvalue weighted by Crippen LogP contribution is -2.36. The number of carbonyl (C=O) groups excluding carboxylic acids is 1. The first-order valence-electron chi connectivity index (χ1n) is 9.74. The molecular weight excluding hydrogens is 364 g/mol. The van der Waals surface area contributed by atoms with Gasteiger partial charge < -0.3 is 9.88 Å². The molecule has 0 aliphatic carbocycles. The summed E-state index contributed by atoms with van der Waals surface area (Å²) in [5.74, 6) is 0.664. The second kappa shape index (κ2) is 9.16. The predicted octanol–water partition coefficient (Wildman–Crippen LogP) is 3.55. The molecule has 0 radical (unpaired) electrons. The Balaban J connectivity index is 1.61. The second-order valence-corrected chi connectivity index (χ2v) is 7.31. The van der Waals surface area contributed by atoms with Crippen LogP contribution >= 0.6 is 0 Å². The number of nitrogens with zero attached hydrogens (tertiary/aromatic N) is 3. The van der Waals surface area contributed by atoms with Crippen LogP contribution in [0.2, 0.25) is 0 Å². The average molecular weight is 388 g/mol. The topological polar surface area (TPSA) is 89.8 Å². The number of hydrogen-bond acceptors (Lipinski definition) is 4. The Kier molecular flexibility index (Phi) is 6.40. The Bertz CT molecular complexity index is 1090. The van der Waals surface area contributed by atoms with Crippen LogP contribution in [0.4, 0.5) is 0 Å². The largest absolute Gasteiger partial charge is 0.336 e. The zero-order chi connectivity index (χ0) is 20.8. The molecule has 1 N–H and O–H groups in total. The van der Waals surface area contributed by atoms with Gasteiger partial charge >= 0.3 is 0 Å². The molecule has 0 saturated heterocycles. The van der Waals surface area contributed by atoms with Gasteiger partial charge in [0, 0.05) is 25.4 Å². The summed E-state index contributed by atoms with van der Waals surface area (Å²) in [6, 6.07) is 16.7. The van der Waals surface area contributed by atoms with Gasteiger partial charge in [-0.2, -0.15) is 5.26 Å². The van der Waals surface area contributed by atoms with Gasteiger partial charge in [0.25, 0.3) is 5.56 Å². The van der Waals surface area contributed by atoms with Gasteiger partial charge in [0.05, 0.1) is 22.5 Å². The van der Waals surface area contributed by atoms with Crippen molar-refractivity contribution in [1.29, 1.82) is 5.26 Å². The molecule has 6 nitrogen and oxygen atoms in total. The van der Waals surface area contributed by atoms with Crippen LogP contribution in [0, 0.1) is 11.3 Å². The molecule has 0 saturated carbocycles. The molecule has 148 valence electrons. The summed E-state index contributed by atoms with van der Waals surface area (Å²) in [5, 5.41) is 9.48. The Labute approximate surface area is 169 Å². The molecule has 0 unspecified atom stereocenters. The molecule has 2 aromatic carbocycles. The molecule has 0 aliphatic rings. The van der Waals surface area contributed by atoms with Gasteiger partial charge in [0.1, 0.15) is 5.82 Å². The number of nitriles is 1. The lowest BCUT2D eigenvalue weighted by atomic mass is 10.1. The Morgan fingerprint density at radius 2 is 1.90 bits per heavy atom. The summed E-state index contributed by atoms with van der Waals surface area (Å²) in [4.78, 5) is 34.0. The van der Waals surface area contributed by atoms with Crippen molar-refractivity contribution in [3.63, 3.8) is 0 Å². The smallest absolute Gasteiger partial charge is 0.258 e. The van der Waals surface area contributed by atoms with E-state index in [1.165, 1.54) is 0 Å².